The Morgan fingerprint density at radius 2 is 1.81 bits per heavy atom. The van der Waals surface area contributed by atoms with E-state index in [1.165, 1.54) is 38.8 Å². The van der Waals surface area contributed by atoms with Crippen molar-refractivity contribution >= 4 is 0 Å². The molecule has 2 unspecified atom stereocenters. The summed E-state index contributed by atoms with van der Waals surface area (Å²) >= 11 is 0. The third kappa shape index (κ3) is 4.17. The molecule has 0 aromatic carbocycles. The number of nitrogens with zero attached hydrogens (tertiary/aromatic N) is 2. The van der Waals surface area contributed by atoms with Gasteiger partial charge in [-0.1, -0.05) is 6.42 Å². The summed E-state index contributed by atoms with van der Waals surface area (Å²) in [6.45, 7) is 7.70. The first-order valence-corrected chi connectivity index (χ1v) is 8.37. The molecule has 0 radical (unpaired) electrons. The molecule has 5 nitrogen and oxygen atoms in total. The third-order valence-electron chi connectivity index (χ3n) is 5.41. The maximum atomic E-state index is 6.10. The van der Waals surface area contributed by atoms with Crippen molar-refractivity contribution in [2.24, 2.45) is 5.73 Å². The van der Waals surface area contributed by atoms with E-state index < -0.39 is 0 Å². The quantitative estimate of drug-likeness (QED) is 0.718. The van der Waals surface area contributed by atoms with Crippen LogP contribution >= 0.6 is 0 Å². The normalized spacial score (nSPS) is 28.1. The van der Waals surface area contributed by atoms with Crippen LogP contribution in [-0.4, -0.2) is 74.6 Å². The van der Waals surface area contributed by atoms with Gasteiger partial charge in [-0.15, -0.1) is 0 Å². The summed E-state index contributed by atoms with van der Waals surface area (Å²) in [6, 6.07) is 0.708. The monoisotopic (exact) mass is 299 g/mol. The second kappa shape index (κ2) is 7.88. The molecule has 0 aliphatic carbocycles. The molecule has 2 aliphatic rings. The van der Waals surface area contributed by atoms with Crippen LogP contribution in [0.5, 0.6) is 0 Å². The Kier molecular flexibility index (Phi) is 6.44. The van der Waals surface area contributed by atoms with Gasteiger partial charge in [0.2, 0.25) is 0 Å². The number of ether oxygens (including phenoxy) is 2. The highest BCUT2D eigenvalue weighted by molar-refractivity contribution is 4.95. The van der Waals surface area contributed by atoms with Crippen molar-refractivity contribution in [1.82, 2.24) is 9.80 Å². The van der Waals surface area contributed by atoms with E-state index in [9.17, 15) is 0 Å². The van der Waals surface area contributed by atoms with E-state index >= 15 is 0 Å². The van der Waals surface area contributed by atoms with E-state index in [-0.39, 0.29) is 11.8 Å². The average molecular weight is 299 g/mol. The van der Waals surface area contributed by atoms with Crippen molar-refractivity contribution in [2.75, 3.05) is 46.9 Å². The lowest BCUT2D eigenvalue weighted by Gasteiger charge is -2.40. The van der Waals surface area contributed by atoms with Crippen molar-refractivity contribution in [1.29, 1.82) is 0 Å². The fourth-order valence-corrected chi connectivity index (χ4v) is 3.78. The molecule has 2 fully saturated rings. The van der Waals surface area contributed by atoms with Crippen LogP contribution in [0.25, 0.3) is 0 Å². The number of likely N-dealkylation sites (tertiary alicyclic amines) is 2. The van der Waals surface area contributed by atoms with E-state index in [1.54, 1.807) is 14.2 Å². The number of hydrogen-bond acceptors (Lipinski definition) is 5. The lowest BCUT2D eigenvalue weighted by molar-refractivity contribution is -0.127. The van der Waals surface area contributed by atoms with Gasteiger partial charge in [0.05, 0.1) is 0 Å². The van der Waals surface area contributed by atoms with Gasteiger partial charge in [-0.3, -0.25) is 9.80 Å². The minimum absolute atomic E-state index is 0.0405. The topological polar surface area (TPSA) is 51.0 Å². The SMILES string of the molecule is COC(CC(C)(CN)N1CCC(N2CCCCC2)C1)OC. The second-order valence-electron chi connectivity index (χ2n) is 6.79. The number of nitrogens with two attached hydrogens (primary N) is 1. The summed E-state index contributed by atoms with van der Waals surface area (Å²) in [6.07, 6.45) is 6.04. The molecule has 2 aliphatic heterocycles. The van der Waals surface area contributed by atoms with E-state index in [2.05, 4.69) is 16.7 Å². The molecule has 0 aromatic rings. The lowest BCUT2D eigenvalue weighted by Crippen LogP contribution is -2.54. The van der Waals surface area contributed by atoms with Crippen LogP contribution in [0.1, 0.15) is 39.0 Å². The van der Waals surface area contributed by atoms with Crippen LogP contribution in [0.3, 0.4) is 0 Å². The summed E-state index contributed by atoms with van der Waals surface area (Å²) in [5.41, 5.74) is 6.06. The van der Waals surface area contributed by atoms with E-state index in [1.807, 2.05) is 0 Å². The van der Waals surface area contributed by atoms with Gasteiger partial charge in [0, 0.05) is 51.9 Å². The minimum atomic E-state index is -0.174. The van der Waals surface area contributed by atoms with Gasteiger partial charge in [-0.2, -0.15) is 0 Å². The van der Waals surface area contributed by atoms with Gasteiger partial charge in [0.15, 0.2) is 6.29 Å². The predicted octanol–water partition coefficient (Wildman–Crippen LogP) is 1.27. The Hall–Kier alpha value is -0.200. The molecule has 0 amide bonds. The highest BCUT2D eigenvalue weighted by Gasteiger charge is 2.39. The molecule has 5 heteroatoms. The smallest absolute Gasteiger partial charge is 0.158 e. The van der Waals surface area contributed by atoms with Gasteiger partial charge in [0.25, 0.3) is 0 Å². The fraction of sp³-hybridized carbons (Fsp3) is 1.00. The van der Waals surface area contributed by atoms with Crippen LogP contribution in [0, 0.1) is 0 Å². The average Bonchev–Trinajstić information content (AvgIpc) is 3.04. The van der Waals surface area contributed by atoms with Crippen molar-refractivity contribution < 1.29 is 9.47 Å². The largest absolute Gasteiger partial charge is 0.356 e. The van der Waals surface area contributed by atoms with Gasteiger partial charge < -0.3 is 15.2 Å². The Morgan fingerprint density at radius 1 is 1.14 bits per heavy atom. The van der Waals surface area contributed by atoms with Crippen molar-refractivity contribution in [3.63, 3.8) is 0 Å². The molecule has 0 aromatic heterocycles. The lowest BCUT2D eigenvalue weighted by atomic mass is 9.95. The minimum Gasteiger partial charge on any atom is -0.356 e. The third-order valence-corrected chi connectivity index (χ3v) is 5.41. The van der Waals surface area contributed by atoms with Gasteiger partial charge in [-0.25, -0.2) is 0 Å². The fourth-order valence-electron chi connectivity index (χ4n) is 3.78. The van der Waals surface area contributed by atoms with Crippen LogP contribution in [0.2, 0.25) is 0 Å². The van der Waals surface area contributed by atoms with E-state index in [0.29, 0.717) is 12.6 Å². The molecule has 124 valence electrons. The maximum absolute atomic E-state index is 6.10. The molecule has 0 bridgehead atoms. The number of piperidine rings is 1. The van der Waals surface area contributed by atoms with E-state index in [4.69, 9.17) is 15.2 Å². The molecule has 2 saturated heterocycles. The maximum Gasteiger partial charge on any atom is 0.158 e. The van der Waals surface area contributed by atoms with Crippen LogP contribution in [-0.2, 0) is 9.47 Å². The zero-order valence-electron chi connectivity index (χ0n) is 14.0. The molecule has 21 heavy (non-hydrogen) atoms. The summed E-state index contributed by atoms with van der Waals surface area (Å²) < 4.78 is 10.8. The summed E-state index contributed by atoms with van der Waals surface area (Å²) in [7, 11) is 3.40. The Bertz CT molecular complexity index is 306. The molecule has 2 N–H and O–H groups in total. The molecular formula is C16H33N3O2. The Morgan fingerprint density at radius 3 is 2.38 bits per heavy atom. The first kappa shape index (κ1) is 17.2. The van der Waals surface area contributed by atoms with Crippen molar-refractivity contribution in [2.45, 2.75) is 56.9 Å². The summed E-state index contributed by atoms with van der Waals surface area (Å²) in [5.74, 6) is 0. The Balaban J connectivity index is 1.93. The standard InChI is InChI=1S/C16H33N3O2/c1-16(13-17,11-15(20-2)21-3)19-10-7-14(12-19)18-8-5-4-6-9-18/h14-15H,4-13,17H2,1-3H3. The van der Waals surface area contributed by atoms with E-state index in [0.717, 1.165) is 19.5 Å². The highest BCUT2D eigenvalue weighted by Crippen LogP contribution is 2.29. The summed E-state index contributed by atoms with van der Waals surface area (Å²) in [5, 5.41) is 0. The summed E-state index contributed by atoms with van der Waals surface area (Å²) in [4.78, 5) is 5.24. The second-order valence-corrected chi connectivity index (χ2v) is 6.79. The zero-order chi connectivity index (χ0) is 15.3. The Labute approximate surface area is 129 Å². The number of rotatable bonds is 7. The molecule has 0 spiro atoms. The highest BCUT2D eigenvalue weighted by atomic mass is 16.7. The van der Waals surface area contributed by atoms with Crippen LogP contribution < -0.4 is 5.73 Å². The molecule has 2 atom stereocenters. The molecule has 2 rings (SSSR count). The van der Waals surface area contributed by atoms with Gasteiger partial charge >= 0.3 is 0 Å². The van der Waals surface area contributed by atoms with Crippen LogP contribution in [0.4, 0.5) is 0 Å². The van der Waals surface area contributed by atoms with Crippen molar-refractivity contribution in [3.8, 4) is 0 Å². The first-order valence-electron chi connectivity index (χ1n) is 8.37. The van der Waals surface area contributed by atoms with Gasteiger partial charge in [-0.05, 0) is 39.3 Å². The zero-order valence-corrected chi connectivity index (χ0v) is 14.0. The van der Waals surface area contributed by atoms with Gasteiger partial charge in [0.1, 0.15) is 0 Å². The number of methoxy groups -OCH3 is 2. The predicted molar refractivity (Wildman–Crippen MR) is 85.3 cm³/mol. The van der Waals surface area contributed by atoms with Crippen LogP contribution in [0.15, 0.2) is 0 Å². The van der Waals surface area contributed by atoms with Crippen molar-refractivity contribution in [3.05, 3.63) is 0 Å². The number of hydrogen-bond donors (Lipinski definition) is 1. The molecule has 0 saturated carbocycles. The molecule has 2 heterocycles. The molecular weight excluding hydrogens is 266 g/mol. The first-order chi connectivity index (χ1) is 10.1.